The Balaban J connectivity index is 2.97. The van der Waals surface area contributed by atoms with Crippen LogP contribution in [0, 0.1) is 5.92 Å². The Bertz CT molecular complexity index is 535. The molecule has 19 heavy (non-hydrogen) atoms. The molecule has 0 aromatic carbocycles. The van der Waals surface area contributed by atoms with E-state index in [0.717, 1.165) is 11.3 Å². The van der Waals surface area contributed by atoms with Crippen molar-refractivity contribution in [3.05, 3.63) is 11.4 Å². The van der Waals surface area contributed by atoms with Gasteiger partial charge in [-0.1, -0.05) is 13.8 Å². The minimum Gasteiger partial charge on any atom is -0.494 e. The van der Waals surface area contributed by atoms with Crippen molar-refractivity contribution < 1.29 is 23.1 Å². The fourth-order valence-electron chi connectivity index (χ4n) is 1.54. The number of hydrogen-bond acceptors (Lipinski definition) is 5. The molecule has 0 saturated carbocycles. The highest BCUT2D eigenvalue weighted by molar-refractivity contribution is 7.91. The lowest BCUT2D eigenvalue weighted by atomic mass is 10.1. The first-order valence-corrected chi connectivity index (χ1v) is 8.00. The SMILES string of the molecule is COc1ccsc1S(=O)(=O)NC(CC(C)C)C(=O)O. The number of ether oxygens (including phenoxy) is 1. The largest absolute Gasteiger partial charge is 0.494 e. The van der Waals surface area contributed by atoms with E-state index in [1.165, 1.54) is 13.2 Å². The van der Waals surface area contributed by atoms with E-state index in [-0.39, 0.29) is 22.3 Å². The Morgan fingerprint density at radius 1 is 1.53 bits per heavy atom. The highest BCUT2D eigenvalue weighted by Gasteiger charge is 2.29. The third kappa shape index (κ3) is 4.19. The first-order chi connectivity index (χ1) is 8.77. The van der Waals surface area contributed by atoms with Crippen molar-refractivity contribution in [3.8, 4) is 5.75 Å². The summed E-state index contributed by atoms with van der Waals surface area (Å²) >= 11 is 0.985. The van der Waals surface area contributed by atoms with Crippen molar-refractivity contribution in [2.24, 2.45) is 5.92 Å². The van der Waals surface area contributed by atoms with E-state index in [9.17, 15) is 13.2 Å². The van der Waals surface area contributed by atoms with E-state index in [1.807, 2.05) is 13.8 Å². The number of aliphatic carboxylic acids is 1. The van der Waals surface area contributed by atoms with Gasteiger partial charge < -0.3 is 9.84 Å². The highest BCUT2D eigenvalue weighted by atomic mass is 32.2. The maximum Gasteiger partial charge on any atom is 0.321 e. The predicted octanol–water partition coefficient (Wildman–Crippen LogP) is 1.53. The monoisotopic (exact) mass is 307 g/mol. The topological polar surface area (TPSA) is 92.7 Å². The summed E-state index contributed by atoms with van der Waals surface area (Å²) < 4.78 is 31.4. The molecule has 1 unspecified atom stereocenters. The van der Waals surface area contributed by atoms with Gasteiger partial charge in [-0.2, -0.15) is 4.72 Å². The summed E-state index contributed by atoms with van der Waals surface area (Å²) in [4.78, 5) is 11.1. The number of carboxylic acids is 1. The van der Waals surface area contributed by atoms with Crippen LogP contribution in [0.4, 0.5) is 0 Å². The number of thiophene rings is 1. The molecule has 1 aromatic heterocycles. The molecule has 0 saturated heterocycles. The normalized spacial score (nSPS) is 13.5. The van der Waals surface area contributed by atoms with Crippen molar-refractivity contribution >= 4 is 27.3 Å². The van der Waals surface area contributed by atoms with Crippen molar-refractivity contribution in [1.82, 2.24) is 4.72 Å². The van der Waals surface area contributed by atoms with Crippen molar-refractivity contribution in [3.63, 3.8) is 0 Å². The number of rotatable bonds is 7. The first-order valence-electron chi connectivity index (χ1n) is 5.64. The Hall–Kier alpha value is -1.12. The fraction of sp³-hybridized carbons (Fsp3) is 0.545. The quantitative estimate of drug-likeness (QED) is 0.797. The maximum atomic E-state index is 12.1. The average Bonchev–Trinajstić information content (AvgIpc) is 2.75. The van der Waals surface area contributed by atoms with Gasteiger partial charge in [0, 0.05) is 0 Å². The highest BCUT2D eigenvalue weighted by Crippen LogP contribution is 2.29. The molecule has 0 aliphatic heterocycles. The summed E-state index contributed by atoms with van der Waals surface area (Å²) in [5.74, 6) is -0.909. The molecule has 0 aliphatic carbocycles. The van der Waals surface area contributed by atoms with E-state index in [2.05, 4.69) is 4.72 Å². The van der Waals surface area contributed by atoms with Gasteiger partial charge in [-0.15, -0.1) is 11.3 Å². The summed E-state index contributed by atoms with van der Waals surface area (Å²) in [6, 6.07) is 0.383. The summed E-state index contributed by atoms with van der Waals surface area (Å²) in [7, 11) is -2.52. The van der Waals surface area contributed by atoms with E-state index in [1.54, 1.807) is 5.38 Å². The number of carbonyl (C=O) groups is 1. The maximum absolute atomic E-state index is 12.1. The van der Waals surface area contributed by atoms with Crippen LogP contribution in [-0.4, -0.2) is 32.6 Å². The van der Waals surface area contributed by atoms with E-state index >= 15 is 0 Å². The fourth-order valence-corrected chi connectivity index (χ4v) is 4.04. The van der Waals surface area contributed by atoms with E-state index in [4.69, 9.17) is 9.84 Å². The van der Waals surface area contributed by atoms with Crippen molar-refractivity contribution in [2.75, 3.05) is 7.11 Å². The molecule has 6 nitrogen and oxygen atoms in total. The Morgan fingerprint density at radius 2 is 2.16 bits per heavy atom. The van der Waals surface area contributed by atoms with Gasteiger partial charge >= 0.3 is 5.97 Å². The van der Waals surface area contributed by atoms with Crippen LogP contribution in [0.15, 0.2) is 15.7 Å². The average molecular weight is 307 g/mol. The third-order valence-electron chi connectivity index (χ3n) is 2.36. The van der Waals surface area contributed by atoms with Crippen LogP contribution in [0.3, 0.4) is 0 Å². The molecule has 0 amide bonds. The number of sulfonamides is 1. The molecule has 0 bridgehead atoms. The van der Waals surface area contributed by atoms with Gasteiger partial charge in [0.25, 0.3) is 10.0 Å². The molecule has 1 atom stereocenters. The van der Waals surface area contributed by atoms with Crippen LogP contribution in [0.25, 0.3) is 0 Å². The standard InChI is InChI=1S/C11H17NO5S2/c1-7(2)6-8(10(13)14)12-19(15,16)11-9(17-3)4-5-18-11/h4-5,7-8,12H,6H2,1-3H3,(H,13,14). The molecule has 0 spiro atoms. The molecular weight excluding hydrogens is 290 g/mol. The molecule has 108 valence electrons. The Labute approximate surface area is 116 Å². The van der Waals surface area contributed by atoms with Gasteiger partial charge in [0.1, 0.15) is 11.8 Å². The Morgan fingerprint density at radius 3 is 2.63 bits per heavy atom. The lowest BCUT2D eigenvalue weighted by Gasteiger charge is -2.16. The molecule has 0 aliphatic rings. The van der Waals surface area contributed by atoms with Gasteiger partial charge in [0.2, 0.25) is 0 Å². The molecular formula is C11H17NO5S2. The molecule has 1 aromatic rings. The minimum absolute atomic E-state index is 0.00925. The molecule has 2 N–H and O–H groups in total. The zero-order valence-electron chi connectivity index (χ0n) is 10.9. The predicted molar refractivity (Wildman–Crippen MR) is 72.1 cm³/mol. The van der Waals surface area contributed by atoms with Gasteiger partial charge in [-0.3, -0.25) is 4.79 Å². The molecule has 0 radical (unpaired) electrons. The smallest absolute Gasteiger partial charge is 0.321 e. The van der Waals surface area contributed by atoms with Crippen molar-refractivity contribution in [1.29, 1.82) is 0 Å². The van der Waals surface area contributed by atoms with Gasteiger partial charge in [0.15, 0.2) is 4.21 Å². The third-order valence-corrected chi connectivity index (χ3v) is 5.28. The summed E-state index contributed by atoms with van der Waals surface area (Å²) in [6.07, 6.45) is 0.224. The zero-order valence-corrected chi connectivity index (χ0v) is 12.5. The van der Waals surface area contributed by atoms with Crippen LogP contribution in [0.1, 0.15) is 20.3 Å². The summed E-state index contributed by atoms with van der Waals surface area (Å²) in [5, 5.41) is 10.6. The van der Waals surface area contributed by atoms with Crippen LogP contribution in [0.2, 0.25) is 0 Å². The first kappa shape index (κ1) is 15.9. The van der Waals surface area contributed by atoms with Crippen LogP contribution in [0.5, 0.6) is 5.75 Å². The second kappa shape index (κ2) is 6.36. The Kier molecular flexibility index (Phi) is 5.33. The van der Waals surface area contributed by atoms with E-state index in [0.29, 0.717) is 0 Å². The van der Waals surface area contributed by atoms with E-state index < -0.39 is 22.0 Å². The molecule has 1 heterocycles. The van der Waals surface area contributed by atoms with Crippen LogP contribution < -0.4 is 9.46 Å². The van der Waals surface area contributed by atoms with Gasteiger partial charge in [-0.05, 0) is 23.8 Å². The number of carboxylic acid groups (broad SMARTS) is 1. The van der Waals surface area contributed by atoms with Crippen LogP contribution in [-0.2, 0) is 14.8 Å². The zero-order chi connectivity index (χ0) is 14.6. The molecule has 0 fully saturated rings. The lowest BCUT2D eigenvalue weighted by Crippen LogP contribution is -2.41. The second-order valence-electron chi connectivity index (χ2n) is 4.42. The molecule has 1 rings (SSSR count). The number of nitrogens with one attached hydrogen (secondary N) is 1. The minimum atomic E-state index is -3.89. The number of hydrogen-bond donors (Lipinski definition) is 2. The lowest BCUT2D eigenvalue weighted by molar-refractivity contribution is -0.139. The van der Waals surface area contributed by atoms with Gasteiger partial charge in [0.05, 0.1) is 7.11 Å². The van der Waals surface area contributed by atoms with Crippen molar-refractivity contribution in [2.45, 2.75) is 30.5 Å². The van der Waals surface area contributed by atoms with Gasteiger partial charge in [-0.25, -0.2) is 8.42 Å². The summed E-state index contributed by atoms with van der Waals surface area (Å²) in [5.41, 5.74) is 0. The molecule has 8 heteroatoms. The number of methoxy groups -OCH3 is 1. The summed E-state index contributed by atoms with van der Waals surface area (Å²) in [6.45, 7) is 3.66. The second-order valence-corrected chi connectivity index (χ2v) is 7.24. The van der Waals surface area contributed by atoms with Crippen LogP contribution >= 0.6 is 11.3 Å².